The molecule has 0 bridgehead atoms. The average molecular weight is 546 g/mol. The topological polar surface area (TPSA) is 118 Å². The van der Waals surface area contributed by atoms with E-state index in [4.69, 9.17) is 35.9 Å². The highest BCUT2D eigenvalue weighted by Gasteiger charge is 2.50. The number of nitrogens with one attached hydrogen (secondary N) is 2. The van der Waals surface area contributed by atoms with Crippen LogP contribution in [0.5, 0.6) is 5.75 Å². The summed E-state index contributed by atoms with van der Waals surface area (Å²) >= 11 is 6.05. The SMILES string of the molecule is C[C@@H]1OC(c2ccc(OCCCO)cc2)=N[C@]1(CCC(=O)OC(C)(C)C)C(=O)NNCc1cccc(Cl)c1. The number of benzene rings is 2. The smallest absolute Gasteiger partial charge is 0.306 e. The molecule has 2 aromatic rings. The van der Waals surface area contributed by atoms with Crippen molar-refractivity contribution >= 4 is 29.4 Å². The average Bonchev–Trinajstić information content (AvgIpc) is 3.19. The summed E-state index contributed by atoms with van der Waals surface area (Å²) < 4.78 is 17.1. The first kappa shape index (κ1) is 29.4. The number of rotatable bonds is 12. The number of amides is 1. The number of hydrazine groups is 1. The second-order valence-corrected chi connectivity index (χ2v) is 10.5. The molecule has 1 heterocycles. The highest BCUT2D eigenvalue weighted by Crippen LogP contribution is 2.34. The first-order valence-corrected chi connectivity index (χ1v) is 13.0. The largest absolute Gasteiger partial charge is 0.494 e. The lowest BCUT2D eigenvalue weighted by atomic mass is 9.88. The third-order valence-electron chi connectivity index (χ3n) is 5.84. The number of halogens is 1. The molecule has 2 aromatic carbocycles. The van der Waals surface area contributed by atoms with E-state index >= 15 is 0 Å². The van der Waals surface area contributed by atoms with Gasteiger partial charge in [0.1, 0.15) is 17.5 Å². The summed E-state index contributed by atoms with van der Waals surface area (Å²) in [7, 11) is 0. The molecule has 206 valence electrons. The van der Waals surface area contributed by atoms with Gasteiger partial charge in [0, 0.05) is 36.6 Å². The predicted octanol–water partition coefficient (Wildman–Crippen LogP) is 3.95. The van der Waals surface area contributed by atoms with Gasteiger partial charge in [0.05, 0.1) is 6.61 Å². The molecule has 0 spiro atoms. The molecule has 0 aliphatic carbocycles. The molecular weight excluding hydrogens is 510 g/mol. The lowest BCUT2D eigenvalue weighted by Gasteiger charge is -2.28. The van der Waals surface area contributed by atoms with Crippen LogP contribution in [0.2, 0.25) is 5.02 Å². The number of esters is 1. The van der Waals surface area contributed by atoms with E-state index in [1.54, 1.807) is 64.1 Å². The minimum absolute atomic E-state index is 0.0128. The standard InChI is InChI=1S/C28H36ClN3O6/c1-19-28(14-13-24(34)38-27(2,3)4,26(35)32-30-18-20-7-5-8-22(29)17-20)31-25(37-19)21-9-11-23(12-10-21)36-16-6-15-33/h5,7-12,17,19,30,33H,6,13-16,18H2,1-4H3,(H,32,35)/t19-,28-/m0/s1. The van der Waals surface area contributed by atoms with E-state index in [2.05, 4.69) is 10.9 Å². The van der Waals surface area contributed by atoms with Crippen LogP contribution in [0.1, 0.15) is 58.1 Å². The molecule has 1 aliphatic heterocycles. The normalized spacial score (nSPS) is 18.9. The van der Waals surface area contributed by atoms with Crippen molar-refractivity contribution in [3.8, 4) is 5.75 Å². The molecule has 0 radical (unpaired) electrons. The zero-order chi connectivity index (χ0) is 27.8. The second-order valence-electron chi connectivity index (χ2n) is 10.1. The van der Waals surface area contributed by atoms with Crippen molar-refractivity contribution in [1.82, 2.24) is 10.9 Å². The Labute approximate surface area is 228 Å². The van der Waals surface area contributed by atoms with Gasteiger partial charge in [0.15, 0.2) is 5.54 Å². The number of carbonyl (C=O) groups is 2. The minimum Gasteiger partial charge on any atom is -0.494 e. The quantitative estimate of drug-likeness (QED) is 0.210. The van der Waals surface area contributed by atoms with Crippen LogP contribution in [0.4, 0.5) is 0 Å². The van der Waals surface area contributed by atoms with Gasteiger partial charge in [-0.15, -0.1) is 0 Å². The van der Waals surface area contributed by atoms with Gasteiger partial charge >= 0.3 is 5.97 Å². The molecule has 0 fully saturated rings. The summed E-state index contributed by atoms with van der Waals surface area (Å²) in [6.45, 7) is 7.95. The maximum Gasteiger partial charge on any atom is 0.306 e. The van der Waals surface area contributed by atoms with Gasteiger partial charge in [-0.1, -0.05) is 23.7 Å². The van der Waals surface area contributed by atoms with Crippen molar-refractivity contribution < 1.29 is 28.9 Å². The van der Waals surface area contributed by atoms with Crippen LogP contribution in [-0.2, 0) is 25.6 Å². The van der Waals surface area contributed by atoms with Crippen LogP contribution >= 0.6 is 11.6 Å². The Kier molecular flexibility index (Phi) is 10.1. The van der Waals surface area contributed by atoms with Crippen LogP contribution in [0.15, 0.2) is 53.5 Å². The summed E-state index contributed by atoms with van der Waals surface area (Å²) in [5.74, 6) is 0.105. The first-order chi connectivity index (χ1) is 18.0. The molecule has 9 nitrogen and oxygen atoms in total. The molecule has 1 aliphatic rings. The number of ether oxygens (including phenoxy) is 3. The van der Waals surface area contributed by atoms with Crippen LogP contribution in [0, 0.1) is 0 Å². The van der Waals surface area contributed by atoms with Gasteiger partial charge in [-0.2, -0.15) is 0 Å². The zero-order valence-corrected chi connectivity index (χ0v) is 23.0. The number of hydrogen-bond acceptors (Lipinski definition) is 8. The molecule has 0 saturated heterocycles. The number of hydrogen-bond donors (Lipinski definition) is 3. The van der Waals surface area contributed by atoms with E-state index in [-0.39, 0.29) is 19.4 Å². The number of carbonyl (C=O) groups excluding carboxylic acids is 2. The number of aliphatic imine (C=N–C) groups is 1. The van der Waals surface area contributed by atoms with Crippen LogP contribution < -0.4 is 15.6 Å². The van der Waals surface area contributed by atoms with Gasteiger partial charge in [0.2, 0.25) is 5.90 Å². The molecule has 2 atom stereocenters. The van der Waals surface area contributed by atoms with Crippen LogP contribution in [0.25, 0.3) is 0 Å². The Morgan fingerprint density at radius 1 is 1.18 bits per heavy atom. The van der Waals surface area contributed by atoms with E-state index in [9.17, 15) is 9.59 Å². The fraction of sp³-hybridized carbons (Fsp3) is 0.464. The molecule has 0 aromatic heterocycles. The Morgan fingerprint density at radius 2 is 1.92 bits per heavy atom. The molecule has 38 heavy (non-hydrogen) atoms. The highest BCUT2D eigenvalue weighted by atomic mass is 35.5. The lowest BCUT2D eigenvalue weighted by Crippen LogP contribution is -2.54. The summed E-state index contributed by atoms with van der Waals surface area (Å²) in [6.07, 6.45) is -0.0236. The highest BCUT2D eigenvalue weighted by molar-refractivity contribution is 6.30. The van der Waals surface area contributed by atoms with Crippen LogP contribution in [-0.4, -0.2) is 53.3 Å². The second kappa shape index (κ2) is 13.1. The maximum atomic E-state index is 13.5. The molecule has 3 rings (SSSR count). The predicted molar refractivity (Wildman–Crippen MR) is 145 cm³/mol. The number of aliphatic hydroxyl groups is 1. The van der Waals surface area contributed by atoms with E-state index in [0.29, 0.717) is 41.8 Å². The zero-order valence-electron chi connectivity index (χ0n) is 22.3. The third kappa shape index (κ3) is 8.18. The van der Waals surface area contributed by atoms with Gasteiger partial charge in [-0.3, -0.25) is 15.0 Å². The maximum absolute atomic E-state index is 13.5. The lowest BCUT2D eigenvalue weighted by molar-refractivity contribution is -0.155. The van der Waals surface area contributed by atoms with Gasteiger partial charge in [-0.05, 0) is 76.1 Å². The van der Waals surface area contributed by atoms with Gasteiger partial charge < -0.3 is 19.3 Å². The molecule has 10 heteroatoms. The van der Waals surface area contributed by atoms with Crippen molar-refractivity contribution in [3.63, 3.8) is 0 Å². The van der Waals surface area contributed by atoms with Crippen molar-refractivity contribution in [2.24, 2.45) is 4.99 Å². The van der Waals surface area contributed by atoms with Crippen molar-refractivity contribution in [2.45, 2.75) is 70.7 Å². The van der Waals surface area contributed by atoms with Crippen molar-refractivity contribution in [3.05, 3.63) is 64.7 Å². The van der Waals surface area contributed by atoms with E-state index in [1.807, 2.05) is 12.1 Å². The van der Waals surface area contributed by atoms with Crippen molar-refractivity contribution in [1.29, 1.82) is 0 Å². The number of nitrogens with zero attached hydrogens (tertiary/aromatic N) is 1. The van der Waals surface area contributed by atoms with E-state index in [0.717, 1.165) is 5.56 Å². The molecule has 0 saturated carbocycles. The molecule has 0 unspecified atom stereocenters. The molecule has 3 N–H and O–H groups in total. The fourth-order valence-corrected chi connectivity index (χ4v) is 4.13. The Bertz CT molecular complexity index is 1130. The summed E-state index contributed by atoms with van der Waals surface area (Å²) in [6, 6.07) is 14.4. The number of aliphatic hydroxyl groups excluding tert-OH is 1. The summed E-state index contributed by atoms with van der Waals surface area (Å²) in [4.78, 5) is 30.8. The first-order valence-electron chi connectivity index (χ1n) is 12.6. The third-order valence-corrected chi connectivity index (χ3v) is 6.08. The monoisotopic (exact) mass is 545 g/mol. The summed E-state index contributed by atoms with van der Waals surface area (Å²) in [5.41, 5.74) is 5.23. The molecule has 1 amide bonds. The molecular formula is C28H36ClN3O6. The van der Waals surface area contributed by atoms with Gasteiger partial charge in [-0.25, -0.2) is 10.4 Å². The summed E-state index contributed by atoms with van der Waals surface area (Å²) in [5, 5.41) is 9.52. The Balaban J connectivity index is 1.78. The van der Waals surface area contributed by atoms with Crippen molar-refractivity contribution in [2.75, 3.05) is 13.2 Å². The fourth-order valence-electron chi connectivity index (χ4n) is 3.92. The minimum atomic E-state index is -1.36. The Morgan fingerprint density at radius 3 is 2.58 bits per heavy atom. The Hall–Kier alpha value is -3.14. The van der Waals surface area contributed by atoms with E-state index < -0.39 is 29.1 Å². The van der Waals surface area contributed by atoms with Crippen LogP contribution in [0.3, 0.4) is 0 Å². The van der Waals surface area contributed by atoms with E-state index in [1.165, 1.54) is 0 Å². The van der Waals surface area contributed by atoms with Gasteiger partial charge in [0.25, 0.3) is 5.91 Å².